The summed E-state index contributed by atoms with van der Waals surface area (Å²) < 4.78 is 0. The van der Waals surface area contributed by atoms with E-state index in [1.165, 1.54) is 0 Å². The quantitative estimate of drug-likeness (QED) is 0.814. The summed E-state index contributed by atoms with van der Waals surface area (Å²) in [5.74, 6) is -0.345. The topological polar surface area (TPSA) is 69.7 Å². The average Bonchev–Trinajstić information content (AvgIpc) is 2.85. The molecule has 2 heterocycles. The van der Waals surface area contributed by atoms with E-state index < -0.39 is 5.54 Å². The maximum Gasteiger partial charge on any atom is 0.228 e. The van der Waals surface area contributed by atoms with Crippen LogP contribution in [0.2, 0.25) is 5.02 Å². The van der Waals surface area contributed by atoms with Gasteiger partial charge < -0.3 is 15.1 Å². The maximum atomic E-state index is 12.5. The first-order valence-corrected chi connectivity index (χ1v) is 9.29. The molecule has 2 aliphatic rings. The first-order chi connectivity index (χ1) is 12.3. The van der Waals surface area contributed by atoms with Crippen molar-refractivity contribution in [2.75, 3.05) is 31.1 Å². The van der Waals surface area contributed by atoms with Crippen molar-refractivity contribution in [3.8, 4) is 0 Å². The molecule has 26 heavy (non-hydrogen) atoms. The van der Waals surface area contributed by atoms with Crippen LogP contribution in [-0.4, -0.2) is 54.2 Å². The highest BCUT2D eigenvalue weighted by molar-refractivity contribution is 6.30. The van der Waals surface area contributed by atoms with Crippen LogP contribution in [0.5, 0.6) is 0 Å². The van der Waals surface area contributed by atoms with Gasteiger partial charge in [0.05, 0.1) is 12.0 Å². The van der Waals surface area contributed by atoms with Gasteiger partial charge in [0.15, 0.2) is 5.78 Å². The fraction of sp³-hybridized carbons (Fsp3) is 0.526. The number of carbonyl (C=O) groups is 3. The van der Waals surface area contributed by atoms with Crippen molar-refractivity contribution in [3.63, 3.8) is 0 Å². The van der Waals surface area contributed by atoms with Gasteiger partial charge in [-0.15, -0.1) is 0 Å². The number of aryl methyl sites for hydroxylation is 1. The minimum absolute atomic E-state index is 0.0349. The number of hydrogen-bond acceptors (Lipinski definition) is 4. The molecule has 2 amide bonds. The van der Waals surface area contributed by atoms with Gasteiger partial charge in [0.2, 0.25) is 11.8 Å². The van der Waals surface area contributed by atoms with Gasteiger partial charge in [-0.3, -0.25) is 14.4 Å². The highest BCUT2D eigenvalue weighted by Gasteiger charge is 2.41. The van der Waals surface area contributed by atoms with Crippen molar-refractivity contribution in [3.05, 3.63) is 28.8 Å². The molecular formula is C19H24ClN3O3. The van der Waals surface area contributed by atoms with Crippen molar-refractivity contribution in [1.82, 2.24) is 10.2 Å². The Labute approximate surface area is 158 Å². The Morgan fingerprint density at radius 3 is 2.50 bits per heavy atom. The van der Waals surface area contributed by atoms with Crippen LogP contribution in [0, 0.1) is 6.92 Å². The highest BCUT2D eigenvalue weighted by atomic mass is 35.5. The number of piperazine rings is 1. The van der Waals surface area contributed by atoms with Crippen molar-refractivity contribution >= 4 is 34.9 Å². The lowest BCUT2D eigenvalue weighted by Gasteiger charge is -2.37. The van der Waals surface area contributed by atoms with E-state index in [4.69, 9.17) is 11.6 Å². The zero-order chi connectivity index (χ0) is 18.9. The van der Waals surface area contributed by atoms with E-state index in [-0.39, 0.29) is 30.4 Å². The zero-order valence-electron chi connectivity index (χ0n) is 15.2. The van der Waals surface area contributed by atoms with Crippen molar-refractivity contribution in [2.45, 2.75) is 38.6 Å². The Morgan fingerprint density at radius 1 is 1.23 bits per heavy atom. The molecule has 0 radical (unpaired) electrons. The first kappa shape index (κ1) is 18.7. The van der Waals surface area contributed by atoms with Gasteiger partial charge >= 0.3 is 0 Å². The Hall–Kier alpha value is -2.08. The number of nitrogens with one attached hydrogen (secondary N) is 1. The van der Waals surface area contributed by atoms with Gasteiger partial charge in [-0.1, -0.05) is 11.6 Å². The Morgan fingerprint density at radius 2 is 1.92 bits per heavy atom. The largest absolute Gasteiger partial charge is 0.368 e. The third kappa shape index (κ3) is 3.85. The third-order valence-electron chi connectivity index (χ3n) is 5.32. The van der Waals surface area contributed by atoms with Crippen molar-refractivity contribution < 1.29 is 14.4 Å². The molecule has 7 heteroatoms. The number of anilines is 1. The molecule has 1 atom stereocenters. The molecule has 2 fully saturated rings. The second-order valence-electron chi connectivity index (χ2n) is 7.28. The Kier molecular flexibility index (Phi) is 5.23. The van der Waals surface area contributed by atoms with Crippen LogP contribution in [0.4, 0.5) is 5.69 Å². The predicted octanol–water partition coefficient (Wildman–Crippen LogP) is 1.92. The number of amides is 2. The number of benzene rings is 1. The molecule has 1 unspecified atom stereocenters. The monoisotopic (exact) mass is 377 g/mol. The fourth-order valence-electron chi connectivity index (χ4n) is 3.65. The van der Waals surface area contributed by atoms with Crippen LogP contribution in [0.3, 0.4) is 0 Å². The summed E-state index contributed by atoms with van der Waals surface area (Å²) in [4.78, 5) is 39.9. The molecule has 6 nitrogen and oxygen atoms in total. The van der Waals surface area contributed by atoms with Crippen LogP contribution < -0.4 is 10.2 Å². The normalized spacial score (nSPS) is 23.3. The molecule has 3 rings (SSSR count). The van der Waals surface area contributed by atoms with Gasteiger partial charge in [0.25, 0.3) is 0 Å². The molecule has 1 aromatic rings. The van der Waals surface area contributed by atoms with Crippen LogP contribution in [0.25, 0.3) is 0 Å². The average molecular weight is 378 g/mol. The molecule has 2 aliphatic heterocycles. The van der Waals surface area contributed by atoms with Gasteiger partial charge in [0, 0.05) is 43.3 Å². The summed E-state index contributed by atoms with van der Waals surface area (Å²) in [6, 6.07) is 5.85. The molecule has 0 spiro atoms. The fourth-order valence-corrected chi connectivity index (χ4v) is 3.88. The Balaban J connectivity index is 1.52. The van der Waals surface area contributed by atoms with E-state index in [0.717, 1.165) is 29.4 Å². The summed E-state index contributed by atoms with van der Waals surface area (Å²) >= 11 is 6.02. The summed E-state index contributed by atoms with van der Waals surface area (Å²) in [7, 11) is 0. The summed E-state index contributed by atoms with van der Waals surface area (Å²) in [5, 5.41) is 3.42. The molecule has 1 N–H and O–H groups in total. The van der Waals surface area contributed by atoms with E-state index in [9.17, 15) is 14.4 Å². The third-order valence-corrected chi connectivity index (χ3v) is 5.56. The molecule has 2 saturated heterocycles. The van der Waals surface area contributed by atoms with Crippen molar-refractivity contribution in [1.29, 1.82) is 0 Å². The number of Topliss-reactive ketones (excluding diaryl/α,β-unsaturated/α-hetero) is 1. The van der Waals surface area contributed by atoms with Crippen LogP contribution >= 0.6 is 11.6 Å². The number of carbonyl (C=O) groups excluding carboxylic acids is 3. The van der Waals surface area contributed by atoms with E-state index in [0.29, 0.717) is 19.5 Å². The second-order valence-corrected chi connectivity index (χ2v) is 7.72. The van der Waals surface area contributed by atoms with Gasteiger partial charge in [-0.25, -0.2) is 0 Å². The van der Waals surface area contributed by atoms with Crippen LogP contribution in [-0.2, 0) is 14.4 Å². The van der Waals surface area contributed by atoms with Gasteiger partial charge in [-0.2, -0.15) is 0 Å². The number of ketones is 1. The Bertz CT molecular complexity index is 744. The number of halogens is 1. The van der Waals surface area contributed by atoms with E-state index in [1.54, 1.807) is 6.92 Å². The predicted molar refractivity (Wildman–Crippen MR) is 100 cm³/mol. The molecule has 0 saturated carbocycles. The standard InChI is InChI=1S/C19H24ClN3O3/c1-13-11-14(20)3-4-15(13)22-7-9-23(10-8-22)18(26)5-6-19(2)16(24)12-17(25)21-19/h3-4,11H,5-10,12H2,1-2H3,(H,21,25). The molecule has 1 aromatic carbocycles. The highest BCUT2D eigenvalue weighted by Crippen LogP contribution is 2.25. The van der Waals surface area contributed by atoms with E-state index in [2.05, 4.69) is 10.2 Å². The lowest BCUT2D eigenvalue weighted by molar-refractivity contribution is -0.132. The SMILES string of the molecule is Cc1cc(Cl)ccc1N1CCN(C(=O)CCC2(C)NC(=O)CC2=O)CC1. The number of nitrogens with zero attached hydrogens (tertiary/aromatic N) is 2. The molecule has 140 valence electrons. The zero-order valence-corrected chi connectivity index (χ0v) is 15.9. The van der Waals surface area contributed by atoms with Gasteiger partial charge in [0.1, 0.15) is 0 Å². The number of rotatable bonds is 4. The minimum Gasteiger partial charge on any atom is -0.368 e. The van der Waals surface area contributed by atoms with E-state index >= 15 is 0 Å². The lowest BCUT2D eigenvalue weighted by atomic mass is 9.92. The van der Waals surface area contributed by atoms with Crippen LogP contribution in [0.15, 0.2) is 18.2 Å². The smallest absolute Gasteiger partial charge is 0.228 e. The summed E-state index contributed by atoms with van der Waals surface area (Å²) in [6.45, 7) is 6.57. The molecule has 0 aliphatic carbocycles. The number of hydrogen-bond donors (Lipinski definition) is 1. The summed E-state index contributed by atoms with van der Waals surface area (Å²) in [6.07, 6.45) is 0.541. The molecular weight excluding hydrogens is 354 g/mol. The molecule has 0 bridgehead atoms. The maximum absolute atomic E-state index is 12.5. The van der Waals surface area contributed by atoms with E-state index in [1.807, 2.05) is 30.0 Å². The second kappa shape index (κ2) is 7.27. The lowest BCUT2D eigenvalue weighted by Crippen LogP contribution is -2.50. The van der Waals surface area contributed by atoms with Crippen molar-refractivity contribution in [2.24, 2.45) is 0 Å². The first-order valence-electron chi connectivity index (χ1n) is 8.92. The molecule has 0 aromatic heterocycles. The minimum atomic E-state index is -0.894. The van der Waals surface area contributed by atoms with Crippen LogP contribution in [0.1, 0.15) is 31.7 Å². The summed E-state index contributed by atoms with van der Waals surface area (Å²) in [5.41, 5.74) is 1.38. The van der Waals surface area contributed by atoms with Gasteiger partial charge in [-0.05, 0) is 44.0 Å².